The molecule has 0 saturated heterocycles. The van der Waals surface area contributed by atoms with Gasteiger partial charge in [-0.15, -0.1) is 11.3 Å². The van der Waals surface area contributed by atoms with E-state index < -0.39 is 22.7 Å². The molecular weight excluding hydrogens is 614 g/mol. The van der Waals surface area contributed by atoms with Crippen molar-refractivity contribution in [1.82, 2.24) is 19.7 Å². The van der Waals surface area contributed by atoms with Gasteiger partial charge < -0.3 is 18.9 Å². The minimum atomic E-state index is -3.67. The quantitative estimate of drug-likeness (QED) is 0.206. The van der Waals surface area contributed by atoms with E-state index in [4.69, 9.17) is 25.8 Å². The molecule has 5 aromatic rings. The van der Waals surface area contributed by atoms with Crippen LogP contribution >= 0.6 is 22.9 Å². The molecule has 0 saturated carbocycles. The van der Waals surface area contributed by atoms with Crippen LogP contribution in [0.3, 0.4) is 0 Å². The molecule has 218 valence electrons. The van der Waals surface area contributed by atoms with Crippen molar-refractivity contribution in [1.29, 1.82) is 0 Å². The van der Waals surface area contributed by atoms with Gasteiger partial charge in [0.05, 0.1) is 31.8 Å². The summed E-state index contributed by atoms with van der Waals surface area (Å²) in [5.74, 6) is 0.630. The number of benzene rings is 3. The normalized spacial score (nSPS) is 15.1. The van der Waals surface area contributed by atoms with Crippen molar-refractivity contribution >= 4 is 54.2 Å². The highest BCUT2D eigenvalue weighted by molar-refractivity contribution is 7.89. The first-order valence-corrected chi connectivity index (χ1v) is 15.1. The van der Waals surface area contributed by atoms with Gasteiger partial charge >= 0.3 is 6.61 Å². The van der Waals surface area contributed by atoms with Gasteiger partial charge in [0, 0.05) is 24.2 Å². The highest BCUT2D eigenvalue weighted by Gasteiger charge is 2.29. The lowest BCUT2D eigenvalue weighted by molar-refractivity contribution is -0.0529. The van der Waals surface area contributed by atoms with Crippen LogP contribution in [-0.4, -0.2) is 49.9 Å². The number of alkyl halides is 2. The number of ether oxygens (including phenoxy) is 4. The lowest BCUT2D eigenvalue weighted by Crippen LogP contribution is -2.28. The second kappa shape index (κ2) is 11.5. The summed E-state index contributed by atoms with van der Waals surface area (Å²) in [4.78, 5) is 13.1. The Hall–Kier alpha value is -3.69. The number of rotatable bonds is 9. The predicted octanol–water partition coefficient (Wildman–Crippen LogP) is 5.62. The predicted molar refractivity (Wildman–Crippen MR) is 151 cm³/mol. The van der Waals surface area contributed by atoms with Crippen LogP contribution in [0.25, 0.3) is 21.3 Å². The lowest BCUT2D eigenvalue weighted by Gasteiger charge is -2.25. The molecule has 0 radical (unpaired) electrons. The third-order valence-electron chi connectivity index (χ3n) is 6.25. The number of hydrogen-bond donors (Lipinski definition) is 1. The summed E-state index contributed by atoms with van der Waals surface area (Å²) >= 11 is 7.85. The van der Waals surface area contributed by atoms with Crippen LogP contribution in [0.1, 0.15) is 22.2 Å². The Morgan fingerprint density at radius 2 is 1.95 bits per heavy atom. The molecule has 10 nitrogen and oxygen atoms in total. The highest BCUT2D eigenvalue weighted by Crippen LogP contribution is 2.42. The number of sulfonamides is 1. The third kappa shape index (κ3) is 5.94. The van der Waals surface area contributed by atoms with Crippen LogP contribution in [-0.2, 0) is 14.8 Å². The Morgan fingerprint density at radius 1 is 1.14 bits per heavy atom. The number of halogens is 3. The lowest BCUT2D eigenvalue weighted by atomic mass is 10.1. The number of hydrogen-bond acceptors (Lipinski definition) is 10. The molecule has 1 N–H and O–H groups in total. The fourth-order valence-electron chi connectivity index (χ4n) is 4.30. The van der Waals surface area contributed by atoms with E-state index in [1.54, 1.807) is 48.5 Å². The number of nitrogens with one attached hydrogen (secondary N) is 1. The van der Waals surface area contributed by atoms with Gasteiger partial charge in [0.2, 0.25) is 15.9 Å². The highest BCUT2D eigenvalue weighted by atomic mass is 35.5. The number of aromatic nitrogens is 3. The molecule has 42 heavy (non-hydrogen) atoms. The molecule has 1 aliphatic heterocycles. The number of thiazole rings is 1. The van der Waals surface area contributed by atoms with E-state index in [1.807, 2.05) is 6.92 Å². The summed E-state index contributed by atoms with van der Waals surface area (Å²) in [5.41, 5.74) is 2.84. The maximum absolute atomic E-state index is 12.7. The van der Waals surface area contributed by atoms with Crippen LogP contribution in [0, 0.1) is 6.92 Å². The SMILES string of the molecule is Cc1ccc(S(=O)(=O)NCCOc2cc(Cl)c3nc(C4OCOc5cc6ncc(OC(F)F)nc6cc54)sc3c2)cc1. The van der Waals surface area contributed by atoms with E-state index >= 15 is 0 Å². The zero-order valence-electron chi connectivity index (χ0n) is 21.7. The molecule has 0 amide bonds. The molecule has 15 heteroatoms. The smallest absolute Gasteiger partial charge is 0.388 e. The van der Waals surface area contributed by atoms with Gasteiger partial charge in [-0.2, -0.15) is 8.78 Å². The van der Waals surface area contributed by atoms with Crippen LogP contribution in [0.15, 0.2) is 59.6 Å². The fraction of sp³-hybridized carbons (Fsp3) is 0.222. The number of fused-ring (bicyclic) bond motifs is 3. The van der Waals surface area contributed by atoms with Crippen molar-refractivity contribution < 1.29 is 36.1 Å². The molecular formula is C27H21ClF2N4O6S2. The van der Waals surface area contributed by atoms with Gasteiger partial charge in [-0.05, 0) is 31.2 Å². The Kier molecular flexibility index (Phi) is 7.81. The molecule has 2 aromatic heterocycles. The summed E-state index contributed by atoms with van der Waals surface area (Å²) in [6, 6.07) is 13.2. The average molecular weight is 635 g/mol. The van der Waals surface area contributed by atoms with Gasteiger partial charge in [0.15, 0.2) is 6.79 Å². The molecule has 1 atom stereocenters. The van der Waals surface area contributed by atoms with Gasteiger partial charge in [-0.3, -0.25) is 0 Å². The van der Waals surface area contributed by atoms with Crippen molar-refractivity contribution in [2.24, 2.45) is 0 Å². The van der Waals surface area contributed by atoms with Crippen LogP contribution in [0.5, 0.6) is 17.4 Å². The topological polar surface area (TPSA) is 122 Å². The standard InChI is InChI=1S/C27H21ClF2N4O6S2/c1-14-2-4-16(5-3-14)42(35,36)32-6-7-37-15-8-18(28)24-22(9-15)41-26(34-24)25-17-10-20-19(11-21(17)38-13-39-25)31-12-23(33-20)40-27(29)30/h2-5,8-12,25,27,32H,6-7,13H2,1H3. The first-order chi connectivity index (χ1) is 20.2. The van der Waals surface area contributed by atoms with Crippen molar-refractivity contribution in [2.75, 3.05) is 19.9 Å². The number of nitrogens with zero attached hydrogens (tertiary/aromatic N) is 3. The largest absolute Gasteiger partial charge is 0.492 e. The van der Waals surface area contributed by atoms with Crippen molar-refractivity contribution in [3.8, 4) is 17.4 Å². The maximum Gasteiger partial charge on any atom is 0.388 e. The van der Waals surface area contributed by atoms with Crippen molar-refractivity contribution in [3.63, 3.8) is 0 Å². The van der Waals surface area contributed by atoms with Gasteiger partial charge in [-0.1, -0.05) is 29.3 Å². The Balaban J connectivity index is 1.20. The van der Waals surface area contributed by atoms with E-state index in [1.165, 1.54) is 11.3 Å². The summed E-state index contributed by atoms with van der Waals surface area (Å²) in [7, 11) is -3.67. The second-order valence-electron chi connectivity index (χ2n) is 9.14. The number of aryl methyl sites for hydroxylation is 1. The van der Waals surface area contributed by atoms with Crippen LogP contribution in [0.4, 0.5) is 8.78 Å². The molecule has 0 spiro atoms. The molecule has 0 bridgehead atoms. The van der Waals surface area contributed by atoms with E-state index in [2.05, 4.69) is 24.4 Å². The molecule has 1 aliphatic rings. The fourth-order valence-corrected chi connectivity index (χ4v) is 6.71. The van der Waals surface area contributed by atoms with E-state index in [0.717, 1.165) is 16.5 Å². The zero-order valence-corrected chi connectivity index (χ0v) is 24.1. The van der Waals surface area contributed by atoms with Crippen LogP contribution < -0.4 is 18.9 Å². The Labute approximate surface area is 247 Å². The summed E-state index contributed by atoms with van der Waals surface area (Å²) < 4.78 is 75.2. The average Bonchev–Trinajstić information content (AvgIpc) is 3.38. The van der Waals surface area contributed by atoms with Gasteiger partial charge in [-0.25, -0.2) is 28.1 Å². The van der Waals surface area contributed by atoms with Gasteiger partial charge in [0.25, 0.3) is 0 Å². The van der Waals surface area contributed by atoms with E-state index in [-0.39, 0.29) is 30.7 Å². The molecule has 3 heterocycles. The van der Waals surface area contributed by atoms with Crippen LogP contribution in [0.2, 0.25) is 5.02 Å². The summed E-state index contributed by atoms with van der Waals surface area (Å²) in [5, 5.41) is 0.919. The maximum atomic E-state index is 12.7. The Bertz CT molecular complexity index is 1890. The molecule has 0 aliphatic carbocycles. The second-order valence-corrected chi connectivity index (χ2v) is 12.4. The minimum absolute atomic E-state index is 0.0420. The van der Waals surface area contributed by atoms with E-state index in [0.29, 0.717) is 43.6 Å². The van der Waals surface area contributed by atoms with E-state index in [9.17, 15) is 17.2 Å². The Morgan fingerprint density at radius 3 is 2.74 bits per heavy atom. The molecule has 6 rings (SSSR count). The molecule has 0 fully saturated rings. The molecule has 3 aromatic carbocycles. The minimum Gasteiger partial charge on any atom is -0.492 e. The van der Waals surface area contributed by atoms with Crippen molar-refractivity contribution in [2.45, 2.75) is 24.5 Å². The molecule has 1 unspecified atom stereocenters. The monoisotopic (exact) mass is 634 g/mol. The summed E-state index contributed by atoms with van der Waals surface area (Å²) in [6.07, 6.45) is 0.472. The third-order valence-corrected chi connectivity index (χ3v) is 9.06. The van der Waals surface area contributed by atoms with Gasteiger partial charge in [0.1, 0.15) is 34.7 Å². The first kappa shape index (κ1) is 28.4. The van der Waals surface area contributed by atoms with Crippen molar-refractivity contribution in [3.05, 3.63) is 75.9 Å². The summed E-state index contributed by atoms with van der Waals surface area (Å²) in [6.45, 7) is -1.07. The first-order valence-electron chi connectivity index (χ1n) is 12.5. The zero-order chi connectivity index (χ0) is 29.4.